The van der Waals surface area contributed by atoms with Gasteiger partial charge >= 0.3 is 0 Å². The molecule has 1 fully saturated rings. The highest BCUT2D eigenvalue weighted by molar-refractivity contribution is 5.91. The Morgan fingerprint density at radius 2 is 2.04 bits per heavy atom. The van der Waals surface area contributed by atoms with Crippen molar-refractivity contribution in [1.82, 2.24) is 25.7 Å². The lowest BCUT2D eigenvalue weighted by Crippen LogP contribution is -2.35. The Hall–Kier alpha value is -3.36. The Balaban J connectivity index is 1.48. The van der Waals surface area contributed by atoms with E-state index in [1.165, 1.54) is 12.1 Å². The number of carbonyl (C=O) groups excluding carboxylic acids is 1. The van der Waals surface area contributed by atoms with Gasteiger partial charge in [0.25, 0.3) is 5.91 Å². The number of hydrogen-bond acceptors (Lipinski definition) is 7. The molecule has 3 aromatic rings. The van der Waals surface area contributed by atoms with Gasteiger partial charge in [-0.15, -0.1) is 10.2 Å². The van der Waals surface area contributed by atoms with Crippen molar-refractivity contribution >= 4 is 11.7 Å². The van der Waals surface area contributed by atoms with Crippen LogP contribution in [0.1, 0.15) is 35.1 Å². The number of amides is 1. The number of anilines is 1. The van der Waals surface area contributed by atoms with E-state index in [0.29, 0.717) is 29.6 Å². The van der Waals surface area contributed by atoms with Gasteiger partial charge in [0.2, 0.25) is 11.7 Å². The lowest BCUT2D eigenvalue weighted by molar-refractivity contribution is 0.0957. The van der Waals surface area contributed by atoms with Crippen LogP contribution in [0.2, 0.25) is 0 Å². The van der Waals surface area contributed by atoms with Crippen molar-refractivity contribution in [2.75, 3.05) is 25.0 Å². The topological polar surface area (TPSA) is 97.0 Å². The molecule has 1 N–H and O–H groups in total. The highest BCUT2D eigenvalue weighted by atomic mass is 19.1. The predicted octanol–water partition coefficient (Wildman–Crippen LogP) is 2.41. The van der Waals surface area contributed by atoms with Crippen molar-refractivity contribution in [3.8, 4) is 11.4 Å². The second-order valence-electron chi connectivity index (χ2n) is 6.60. The highest BCUT2D eigenvalue weighted by Gasteiger charge is 2.27. The predicted molar refractivity (Wildman–Crippen MR) is 99.3 cm³/mol. The molecule has 144 valence electrons. The largest absolute Gasteiger partial charge is 0.354 e. The Morgan fingerprint density at radius 1 is 1.21 bits per heavy atom. The van der Waals surface area contributed by atoms with E-state index in [4.69, 9.17) is 4.52 Å². The highest BCUT2D eigenvalue weighted by Crippen LogP contribution is 2.29. The number of aromatic nitrogens is 4. The van der Waals surface area contributed by atoms with Crippen LogP contribution >= 0.6 is 0 Å². The first-order chi connectivity index (χ1) is 13.6. The average Bonchev–Trinajstić information content (AvgIpc) is 3.24. The van der Waals surface area contributed by atoms with Crippen LogP contribution in [-0.4, -0.2) is 46.4 Å². The summed E-state index contributed by atoms with van der Waals surface area (Å²) in [6, 6.07) is 9.44. The summed E-state index contributed by atoms with van der Waals surface area (Å²) >= 11 is 0. The van der Waals surface area contributed by atoms with Gasteiger partial charge in [0.1, 0.15) is 5.82 Å². The van der Waals surface area contributed by atoms with Gasteiger partial charge in [-0.3, -0.25) is 4.79 Å². The van der Waals surface area contributed by atoms with Crippen LogP contribution in [0, 0.1) is 5.82 Å². The minimum atomic E-state index is -0.307. The fourth-order valence-electron chi connectivity index (χ4n) is 3.25. The summed E-state index contributed by atoms with van der Waals surface area (Å²) in [4.78, 5) is 18.2. The number of carbonyl (C=O) groups is 1. The molecular formula is C19H19FN6O2. The molecule has 1 aromatic carbocycles. The second-order valence-corrected chi connectivity index (χ2v) is 6.60. The van der Waals surface area contributed by atoms with Crippen molar-refractivity contribution in [3.63, 3.8) is 0 Å². The summed E-state index contributed by atoms with van der Waals surface area (Å²) in [6.07, 6.45) is 1.86. The van der Waals surface area contributed by atoms with Crippen LogP contribution in [-0.2, 0) is 0 Å². The molecule has 1 unspecified atom stereocenters. The molecule has 0 saturated carbocycles. The van der Waals surface area contributed by atoms with Crippen LogP contribution in [0.5, 0.6) is 0 Å². The molecule has 1 aliphatic heterocycles. The first-order valence-electron chi connectivity index (χ1n) is 9.04. The van der Waals surface area contributed by atoms with Crippen molar-refractivity contribution in [1.29, 1.82) is 0 Å². The van der Waals surface area contributed by atoms with Crippen LogP contribution in [0.25, 0.3) is 11.4 Å². The molecule has 4 rings (SSSR count). The van der Waals surface area contributed by atoms with Gasteiger partial charge in [-0.1, -0.05) is 5.16 Å². The number of nitrogens with one attached hydrogen (secondary N) is 1. The third-order valence-electron chi connectivity index (χ3n) is 4.75. The molecule has 1 amide bonds. The zero-order valence-electron chi connectivity index (χ0n) is 15.3. The maximum atomic E-state index is 13.1. The fourth-order valence-corrected chi connectivity index (χ4v) is 3.25. The molecule has 8 nitrogen and oxygen atoms in total. The minimum absolute atomic E-state index is 0.0656. The molecule has 1 aliphatic rings. The van der Waals surface area contributed by atoms with E-state index in [2.05, 4.69) is 30.6 Å². The normalized spacial score (nSPS) is 16.8. The van der Waals surface area contributed by atoms with Gasteiger partial charge in [-0.2, -0.15) is 4.98 Å². The van der Waals surface area contributed by atoms with E-state index >= 15 is 0 Å². The molecular weight excluding hydrogens is 363 g/mol. The van der Waals surface area contributed by atoms with Gasteiger partial charge in [0.15, 0.2) is 11.5 Å². The SMILES string of the molecule is CNC(=O)c1ccc(N2CCCC(c3nc(-c4ccc(F)cc4)no3)C2)nn1. The van der Waals surface area contributed by atoms with E-state index in [9.17, 15) is 9.18 Å². The summed E-state index contributed by atoms with van der Waals surface area (Å²) in [5.74, 6) is 1.20. The van der Waals surface area contributed by atoms with E-state index in [1.807, 2.05) is 0 Å². The fraction of sp³-hybridized carbons (Fsp3) is 0.316. The molecule has 2 aromatic heterocycles. The summed E-state index contributed by atoms with van der Waals surface area (Å²) in [5, 5.41) is 14.7. The summed E-state index contributed by atoms with van der Waals surface area (Å²) in [5.41, 5.74) is 0.986. The van der Waals surface area contributed by atoms with E-state index < -0.39 is 0 Å². The van der Waals surface area contributed by atoms with Crippen LogP contribution < -0.4 is 10.2 Å². The minimum Gasteiger partial charge on any atom is -0.354 e. The first kappa shape index (κ1) is 18.0. The number of halogens is 1. The van der Waals surface area contributed by atoms with Gasteiger partial charge in [-0.25, -0.2) is 4.39 Å². The quantitative estimate of drug-likeness (QED) is 0.740. The van der Waals surface area contributed by atoms with E-state index in [1.54, 1.807) is 31.3 Å². The zero-order valence-corrected chi connectivity index (χ0v) is 15.3. The summed E-state index contributed by atoms with van der Waals surface area (Å²) in [7, 11) is 1.55. The molecule has 0 aliphatic carbocycles. The van der Waals surface area contributed by atoms with Gasteiger partial charge < -0.3 is 14.7 Å². The van der Waals surface area contributed by atoms with E-state index in [0.717, 1.165) is 19.4 Å². The molecule has 9 heteroatoms. The molecule has 28 heavy (non-hydrogen) atoms. The Labute approximate surface area is 160 Å². The molecule has 1 atom stereocenters. The number of rotatable bonds is 4. The lowest BCUT2D eigenvalue weighted by atomic mass is 9.98. The number of hydrogen-bond donors (Lipinski definition) is 1. The second kappa shape index (κ2) is 7.71. The standard InChI is InChI=1S/C19H19FN6O2/c1-21-18(27)15-8-9-16(24-23-15)26-10-2-3-13(11-26)19-22-17(25-28-19)12-4-6-14(20)7-5-12/h4-9,13H,2-3,10-11H2,1H3,(H,21,27). The monoisotopic (exact) mass is 382 g/mol. The smallest absolute Gasteiger partial charge is 0.271 e. The van der Waals surface area contributed by atoms with Crippen molar-refractivity contribution < 1.29 is 13.7 Å². The zero-order chi connectivity index (χ0) is 19.5. The van der Waals surface area contributed by atoms with E-state index in [-0.39, 0.29) is 23.3 Å². The summed E-state index contributed by atoms with van der Waals surface area (Å²) < 4.78 is 18.6. The van der Waals surface area contributed by atoms with Crippen molar-refractivity contribution in [3.05, 3.63) is 53.8 Å². The molecule has 0 bridgehead atoms. The van der Waals surface area contributed by atoms with Crippen LogP contribution in [0.15, 0.2) is 40.9 Å². The van der Waals surface area contributed by atoms with Gasteiger partial charge in [0, 0.05) is 25.7 Å². The van der Waals surface area contributed by atoms with Crippen LogP contribution in [0.4, 0.5) is 10.2 Å². The molecule has 0 radical (unpaired) electrons. The van der Waals surface area contributed by atoms with Gasteiger partial charge in [0.05, 0.1) is 5.92 Å². The summed E-state index contributed by atoms with van der Waals surface area (Å²) in [6.45, 7) is 1.50. The number of piperidine rings is 1. The Morgan fingerprint density at radius 3 is 2.75 bits per heavy atom. The van der Waals surface area contributed by atoms with Crippen molar-refractivity contribution in [2.24, 2.45) is 0 Å². The molecule has 1 saturated heterocycles. The van der Waals surface area contributed by atoms with Gasteiger partial charge in [-0.05, 0) is 49.2 Å². The Kier molecular flexibility index (Phi) is 4.96. The van der Waals surface area contributed by atoms with Crippen molar-refractivity contribution in [2.45, 2.75) is 18.8 Å². The maximum Gasteiger partial charge on any atom is 0.271 e. The number of nitrogens with zero attached hydrogens (tertiary/aromatic N) is 5. The lowest BCUT2D eigenvalue weighted by Gasteiger charge is -2.31. The Bertz CT molecular complexity index is 957. The average molecular weight is 382 g/mol. The first-order valence-corrected chi connectivity index (χ1v) is 9.04. The molecule has 0 spiro atoms. The third-order valence-corrected chi connectivity index (χ3v) is 4.75. The third kappa shape index (κ3) is 3.68. The maximum absolute atomic E-state index is 13.1. The van der Waals surface area contributed by atoms with Crippen LogP contribution in [0.3, 0.4) is 0 Å². The molecule has 3 heterocycles. The number of benzene rings is 1.